The predicted octanol–water partition coefficient (Wildman–Crippen LogP) is 2.17. The molecule has 0 saturated carbocycles. The molecule has 0 aromatic heterocycles. The highest BCUT2D eigenvalue weighted by Gasteiger charge is 2.21. The van der Waals surface area contributed by atoms with Gasteiger partial charge in [-0.3, -0.25) is 0 Å². The van der Waals surface area contributed by atoms with Crippen molar-refractivity contribution >= 4 is 0 Å². The Morgan fingerprint density at radius 1 is 1.36 bits per heavy atom. The highest BCUT2D eigenvalue weighted by Crippen LogP contribution is 2.19. The molecule has 0 aromatic carbocycles. The molecule has 2 N–H and O–H groups in total. The van der Waals surface area contributed by atoms with Crippen molar-refractivity contribution in [2.45, 2.75) is 52.1 Å². The van der Waals surface area contributed by atoms with Crippen LogP contribution in [0.4, 0.5) is 0 Å². The van der Waals surface area contributed by atoms with E-state index in [-0.39, 0.29) is 6.10 Å². The van der Waals surface area contributed by atoms with Crippen LogP contribution < -0.4 is 5.32 Å². The summed E-state index contributed by atoms with van der Waals surface area (Å²) in [6.07, 6.45) is 6.02. The van der Waals surface area contributed by atoms with Crippen molar-refractivity contribution in [3.63, 3.8) is 0 Å². The number of hydrogen-bond donors (Lipinski definition) is 2. The van der Waals surface area contributed by atoms with Gasteiger partial charge in [-0.2, -0.15) is 0 Å². The smallest absolute Gasteiger partial charge is 0.0592 e. The summed E-state index contributed by atoms with van der Waals surface area (Å²) < 4.78 is 0. The summed E-state index contributed by atoms with van der Waals surface area (Å²) >= 11 is 0. The first kappa shape index (κ1) is 12.0. The topological polar surface area (TPSA) is 32.3 Å². The molecule has 0 aliphatic carbocycles. The summed E-state index contributed by atoms with van der Waals surface area (Å²) in [5, 5.41) is 13.1. The number of piperidine rings is 1. The van der Waals surface area contributed by atoms with E-state index in [9.17, 15) is 5.11 Å². The van der Waals surface area contributed by atoms with Gasteiger partial charge in [-0.15, -0.1) is 0 Å². The zero-order valence-corrected chi connectivity index (χ0v) is 9.63. The van der Waals surface area contributed by atoms with Crippen LogP contribution in [0.5, 0.6) is 0 Å². The molecule has 1 aliphatic heterocycles. The molecule has 0 radical (unpaired) electrons. The summed E-state index contributed by atoms with van der Waals surface area (Å²) in [5.41, 5.74) is 0. The van der Waals surface area contributed by atoms with E-state index in [1.807, 2.05) is 0 Å². The predicted molar refractivity (Wildman–Crippen MR) is 60.3 cm³/mol. The first-order valence-corrected chi connectivity index (χ1v) is 6.09. The molecular formula is C12H25NO. The lowest BCUT2D eigenvalue weighted by Gasteiger charge is -2.28. The fourth-order valence-electron chi connectivity index (χ4n) is 2.16. The Hall–Kier alpha value is -0.0800. The molecule has 2 atom stereocenters. The van der Waals surface area contributed by atoms with Crippen LogP contribution in [0.2, 0.25) is 0 Å². The maximum Gasteiger partial charge on any atom is 0.0592 e. The van der Waals surface area contributed by atoms with Crippen molar-refractivity contribution in [3.8, 4) is 0 Å². The Morgan fingerprint density at radius 3 is 2.79 bits per heavy atom. The fraction of sp³-hybridized carbons (Fsp3) is 1.00. The Bertz CT molecular complexity index is 147. The highest BCUT2D eigenvalue weighted by atomic mass is 16.3. The lowest BCUT2D eigenvalue weighted by atomic mass is 9.90. The van der Waals surface area contributed by atoms with Gasteiger partial charge in [-0.25, -0.2) is 0 Å². The van der Waals surface area contributed by atoms with Crippen molar-refractivity contribution < 1.29 is 5.11 Å². The van der Waals surface area contributed by atoms with Gasteiger partial charge in [0.15, 0.2) is 0 Å². The average Bonchev–Trinajstić information content (AvgIpc) is 2.15. The second-order valence-corrected chi connectivity index (χ2v) is 5.00. The van der Waals surface area contributed by atoms with Crippen LogP contribution >= 0.6 is 0 Å². The first-order chi connectivity index (χ1) is 6.70. The van der Waals surface area contributed by atoms with Gasteiger partial charge in [-0.1, -0.05) is 33.1 Å². The zero-order valence-electron chi connectivity index (χ0n) is 9.63. The van der Waals surface area contributed by atoms with E-state index >= 15 is 0 Å². The quantitative estimate of drug-likeness (QED) is 0.665. The lowest BCUT2D eigenvalue weighted by molar-refractivity contribution is 0.0729. The van der Waals surface area contributed by atoms with Gasteiger partial charge in [0.1, 0.15) is 0 Å². The second-order valence-electron chi connectivity index (χ2n) is 5.00. The van der Waals surface area contributed by atoms with Gasteiger partial charge in [0.2, 0.25) is 0 Å². The molecule has 0 spiro atoms. The van der Waals surface area contributed by atoms with E-state index in [0.29, 0.717) is 5.92 Å². The standard InChI is InChI=1S/C12H25NO/c1-10(2)5-3-4-6-11-9-13-8-7-12(11)14/h10-14H,3-9H2,1-2H3. The number of unbranched alkanes of at least 4 members (excludes halogenated alkanes) is 1. The van der Waals surface area contributed by atoms with Gasteiger partial charge in [0.25, 0.3) is 0 Å². The number of rotatable bonds is 5. The second kappa shape index (κ2) is 6.41. The maximum atomic E-state index is 9.74. The van der Waals surface area contributed by atoms with E-state index in [2.05, 4.69) is 19.2 Å². The summed E-state index contributed by atoms with van der Waals surface area (Å²) in [7, 11) is 0. The Labute approximate surface area is 88.1 Å². The Kier molecular flexibility index (Phi) is 5.49. The van der Waals surface area contributed by atoms with Crippen molar-refractivity contribution in [2.75, 3.05) is 13.1 Å². The largest absolute Gasteiger partial charge is 0.393 e. The minimum atomic E-state index is -0.0460. The van der Waals surface area contributed by atoms with Crippen molar-refractivity contribution in [1.82, 2.24) is 5.32 Å². The van der Waals surface area contributed by atoms with Crippen LogP contribution in [-0.2, 0) is 0 Å². The molecule has 84 valence electrons. The van der Waals surface area contributed by atoms with Gasteiger partial charge >= 0.3 is 0 Å². The molecule has 1 fully saturated rings. The van der Waals surface area contributed by atoms with Gasteiger partial charge < -0.3 is 10.4 Å². The summed E-state index contributed by atoms with van der Waals surface area (Å²) in [4.78, 5) is 0. The molecule has 2 unspecified atom stereocenters. The fourth-order valence-corrected chi connectivity index (χ4v) is 2.16. The maximum absolute atomic E-state index is 9.74. The van der Waals surface area contributed by atoms with E-state index in [1.54, 1.807) is 0 Å². The Balaban J connectivity index is 2.04. The number of aliphatic hydroxyl groups is 1. The number of nitrogens with one attached hydrogen (secondary N) is 1. The first-order valence-electron chi connectivity index (χ1n) is 6.09. The van der Waals surface area contributed by atoms with Crippen LogP contribution in [0.15, 0.2) is 0 Å². The van der Waals surface area contributed by atoms with E-state index in [1.165, 1.54) is 25.7 Å². The van der Waals surface area contributed by atoms with Crippen LogP contribution in [0, 0.1) is 11.8 Å². The van der Waals surface area contributed by atoms with Crippen LogP contribution in [0.1, 0.15) is 46.0 Å². The molecule has 0 amide bonds. The molecule has 1 aliphatic rings. The summed E-state index contributed by atoms with van der Waals surface area (Å²) in [5.74, 6) is 1.33. The lowest BCUT2D eigenvalue weighted by Crippen LogP contribution is -2.39. The van der Waals surface area contributed by atoms with Crippen molar-refractivity contribution in [2.24, 2.45) is 11.8 Å². The van der Waals surface area contributed by atoms with E-state index < -0.39 is 0 Å². The minimum absolute atomic E-state index is 0.0460. The third-order valence-corrected chi connectivity index (χ3v) is 3.17. The molecular weight excluding hydrogens is 174 g/mol. The van der Waals surface area contributed by atoms with E-state index in [0.717, 1.165) is 25.4 Å². The molecule has 1 rings (SSSR count). The van der Waals surface area contributed by atoms with Crippen LogP contribution in [-0.4, -0.2) is 24.3 Å². The van der Waals surface area contributed by atoms with E-state index in [4.69, 9.17) is 0 Å². The molecule has 1 heterocycles. The average molecular weight is 199 g/mol. The molecule has 0 aromatic rings. The highest BCUT2D eigenvalue weighted by molar-refractivity contribution is 4.77. The SMILES string of the molecule is CC(C)CCCCC1CNCCC1O. The van der Waals surface area contributed by atoms with Crippen molar-refractivity contribution in [3.05, 3.63) is 0 Å². The molecule has 1 saturated heterocycles. The zero-order chi connectivity index (χ0) is 10.4. The van der Waals surface area contributed by atoms with Gasteiger partial charge in [0, 0.05) is 6.54 Å². The third-order valence-electron chi connectivity index (χ3n) is 3.17. The number of aliphatic hydroxyl groups excluding tert-OH is 1. The molecule has 0 bridgehead atoms. The number of hydrogen-bond acceptors (Lipinski definition) is 2. The minimum Gasteiger partial charge on any atom is -0.393 e. The molecule has 2 heteroatoms. The van der Waals surface area contributed by atoms with Crippen molar-refractivity contribution in [1.29, 1.82) is 0 Å². The summed E-state index contributed by atoms with van der Waals surface area (Å²) in [6.45, 7) is 6.56. The third kappa shape index (κ3) is 4.43. The normalized spacial score (nSPS) is 28.3. The monoisotopic (exact) mass is 199 g/mol. The van der Waals surface area contributed by atoms with Crippen LogP contribution in [0.3, 0.4) is 0 Å². The summed E-state index contributed by atoms with van der Waals surface area (Å²) in [6, 6.07) is 0. The molecule has 14 heavy (non-hydrogen) atoms. The Morgan fingerprint density at radius 2 is 2.14 bits per heavy atom. The van der Waals surface area contributed by atoms with Gasteiger partial charge in [0.05, 0.1) is 6.10 Å². The molecule has 2 nitrogen and oxygen atoms in total. The van der Waals surface area contributed by atoms with Gasteiger partial charge in [-0.05, 0) is 31.2 Å². The van der Waals surface area contributed by atoms with Crippen LogP contribution in [0.25, 0.3) is 0 Å².